The van der Waals surface area contributed by atoms with Gasteiger partial charge in [-0.25, -0.2) is 4.98 Å². The highest BCUT2D eigenvalue weighted by Crippen LogP contribution is 2.30. The van der Waals surface area contributed by atoms with Gasteiger partial charge < -0.3 is 10.4 Å². The second kappa shape index (κ2) is 4.53. The Morgan fingerprint density at radius 2 is 2.07 bits per heavy atom. The summed E-state index contributed by atoms with van der Waals surface area (Å²) in [5, 5.41) is 12.0. The molecule has 0 aliphatic heterocycles. The first-order chi connectivity index (χ1) is 6.39. The molecule has 1 aromatic heterocycles. The molecule has 2 N–H and O–H groups in total. The normalized spacial score (nSPS) is 13.8. The highest BCUT2D eigenvalue weighted by atomic mass is 35.6. The molecule has 0 fully saturated rings. The van der Waals surface area contributed by atoms with Gasteiger partial charge in [0.05, 0.1) is 0 Å². The van der Waals surface area contributed by atoms with E-state index in [1.165, 1.54) is 0 Å². The smallest absolute Gasteiger partial charge is 0.234 e. The van der Waals surface area contributed by atoms with Gasteiger partial charge in [-0.3, -0.25) is 0 Å². The summed E-state index contributed by atoms with van der Waals surface area (Å²) in [6.07, 6.45) is -1.29. The zero-order valence-electron chi connectivity index (χ0n) is 7.34. The van der Waals surface area contributed by atoms with Gasteiger partial charge in [0, 0.05) is 5.69 Å². The van der Waals surface area contributed by atoms with Crippen LogP contribution in [0.1, 0.15) is 5.69 Å². The Bertz CT molecular complexity index is 314. The van der Waals surface area contributed by atoms with Gasteiger partial charge in [-0.2, -0.15) is 0 Å². The molecule has 0 radical (unpaired) electrons. The van der Waals surface area contributed by atoms with Crippen molar-refractivity contribution < 1.29 is 5.11 Å². The van der Waals surface area contributed by atoms with Crippen molar-refractivity contribution in [3.8, 4) is 0 Å². The maximum absolute atomic E-state index is 9.38. The van der Waals surface area contributed by atoms with Crippen LogP contribution in [-0.4, -0.2) is 20.1 Å². The molecule has 0 aliphatic rings. The van der Waals surface area contributed by atoms with E-state index in [2.05, 4.69) is 10.3 Å². The summed E-state index contributed by atoms with van der Waals surface area (Å²) < 4.78 is -1.77. The van der Waals surface area contributed by atoms with Gasteiger partial charge >= 0.3 is 0 Å². The summed E-state index contributed by atoms with van der Waals surface area (Å²) in [5.74, 6) is 0.462. The summed E-state index contributed by atoms with van der Waals surface area (Å²) in [5.41, 5.74) is 0.812. The van der Waals surface area contributed by atoms with Crippen LogP contribution in [-0.2, 0) is 0 Å². The first kappa shape index (κ1) is 11.9. The van der Waals surface area contributed by atoms with E-state index in [-0.39, 0.29) is 0 Å². The highest BCUT2D eigenvalue weighted by molar-refractivity contribution is 6.68. The van der Waals surface area contributed by atoms with Crippen LogP contribution in [0, 0.1) is 6.92 Å². The quantitative estimate of drug-likeness (QED) is 0.630. The molecular weight excluding hydrogens is 246 g/mol. The van der Waals surface area contributed by atoms with E-state index in [4.69, 9.17) is 34.8 Å². The molecule has 78 valence electrons. The third kappa shape index (κ3) is 3.50. The molecule has 6 heteroatoms. The molecule has 3 nitrogen and oxygen atoms in total. The van der Waals surface area contributed by atoms with E-state index in [1.807, 2.05) is 13.0 Å². The number of pyridine rings is 1. The van der Waals surface area contributed by atoms with Gasteiger partial charge in [-0.15, -0.1) is 0 Å². The Balaban J connectivity index is 2.70. The monoisotopic (exact) mass is 254 g/mol. The van der Waals surface area contributed by atoms with Crippen molar-refractivity contribution in [2.45, 2.75) is 16.9 Å². The van der Waals surface area contributed by atoms with Crippen LogP contribution in [0.5, 0.6) is 0 Å². The van der Waals surface area contributed by atoms with E-state index in [0.29, 0.717) is 5.82 Å². The SMILES string of the molecule is Cc1cccc(N[C@H](O)C(Cl)(Cl)Cl)n1. The van der Waals surface area contributed by atoms with Crippen molar-refractivity contribution in [3.05, 3.63) is 23.9 Å². The summed E-state index contributed by atoms with van der Waals surface area (Å²) in [4.78, 5) is 4.08. The number of hydrogen-bond acceptors (Lipinski definition) is 3. The zero-order chi connectivity index (χ0) is 10.8. The van der Waals surface area contributed by atoms with Crippen LogP contribution >= 0.6 is 34.8 Å². The predicted molar refractivity (Wildman–Crippen MR) is 58.9 cm³/mol. The van der Waals surface area contributed by atoms with Crippen molar-refractivity contribution >= 4 is 40.6 Å². The molecular formula is C8H9Cl3N2O. The van der Waals surface area contributed by atoms with Crippen molar-refractivity contribution in [3.63, 3.8) is 0 Å². The molecule has 1 rings (SSSR count). The van der Waals surface area contributed by atoms with E-state index in [1.54, 1.807) is 12.1 Å². The van der Waals surface area contributed by atoms with Crippen LogP contribution in [0.4, 0.5) is 5.82 Å². The topological polar surface area (TPSA) is 45.1 Å². The molecule has 0 amide bonds. The Labute approximate surface area is 97.0 Å². The van der Waals surface area contributed by atoms with E-state index < -0.39 is 10.0 Å². The summed E-state index contributed by atoms with van der Waals surface area (Å²) in [6.45, 7) is 1.83. The molecule has 14 heavy (non-hydrogen) atoms. The molecule has 0 spiro atoms. The summed E-state index contributed by atoms with van der Waals surface area (Å²) >= 11 is 16.4. The molecule has 0 bridgehead atoms. The lowest BCUT2D eigenvalue weighted by atomic mass is 10.4. The summed E-state index contributed by atoms with van der Waals surface area (Å²) in [6, 6.07) is 5.29. The minimum Gasteiger partial charge on any atom is -0.369 e. The van der Waals surface area contributed by atoms with E-state index >= 15 is 0 Å². The lowest BCUT2D eigenvalue weighted by molar-refractivity contribution is 0.207. The average molecular weight is 256 g/mol. The van der Waals surface area contributed by atoms with Crippen LogP contribution < -0.4 is 5.32 Å². The molecule has 0 saturated heterocycles. The highest BCUT2D eigenvalue weighted by Gasteiger charge is 2.30. The first-order valence-corrected chi connectivity index (χ1v) is 4.98. The minimum absolute atomic E-state index is 0.462. The van der Waals surface area contributed by atoms with Crippen LogP contribution in [0.2, 0.25) is 0 Å². The number of hydrogen-bond donors (Lipinski definition) is 2. The number of halogens is 3. The average Bonchev–Trinajstić information content (AvgIpc) is 2.02. The van der Waals surface area contributed by atoms with Gasteiger partial charge in [-0.1, -0.05) is 40.9 Å². The Hall–Kier alpha value is -0.220. The van der Waals surface area contributed by atoms with Crippen molar-refractivity contribution in [1.82, 2.24) is 4.98 Å². The maximum atomic E-state index is 9.38. The number of rotatable bonds is 2. The summed E-state index contributed by atoms with van der Waals surface area (Å²) in [7, 11) is 0. The number of aliphatic hydroxyl groups excluding tert-OH is 1. The van der Waals surface area contributed by atoms with Crippen molar-refractivity contribution in [2.24, 2.45) is 0 Å². The fraction of sp³-hybridized carbons (Fsp3) is 0.375. The fourth-order valence-corrected chi connectivity index (χ4v) is 1.01. The van der Waals surface area contributed by atoms with Crippen LogP contribution in [0.25, 0.3) is 0 Å². The Morgan fingerprint density at radius 1 is 1.43 bits per heavy atom. The molecule has 1 aromatic rings. The number of aromatic nitrogens is 1. The number of anilines is 1. The van der Waals surface area contributed by atoms with E-state index in [0.717, 1.165) is 5.69 Å². The maximum Gasteiger partial charge on any atom is 0.234 e. The predicted octanol–water partition coefficient (Wildman–Crippen LogP) is 2.49. The minimum atomic E-state index is -1.77. The molecule has 0 unspecified atom stereocenters. The molecule has 0 saturated carbocycles. The van der Waals surface area contributed by atoms with Gasteiger partial charge in [0.15, 0.2) is 6.23 Å². The standard InChI is InChI=1S/C8H9Cl3N2O/c1-5-3-2-4-6(12-5)13-7(14)8(9,10)11/h2-4,7,14H,1H3,(H,12,13)/t7-/m1/s1. The van der Waals surface area contributed by atoms with Crippen molar-refractivity contribution in [1.29, 1.82) is 0 Å². The molecule has 1 atom stereocenters. The van der Waals surface area contributed by atoms with Crippen molar-refractivity contribution in [2.75, 3.05) is 5.32 Å². The van der Waals surface area contributed by atoms with Crippen LogP contribution in [0.3, 0.4) is 0 Å². The van der Waals surface area contributed by atoms with Gasteiger partial charge in [0.2, 0.25) is 3.79 Å². The van der Waals surface area contributed by atoms with Crippen LogP contribution in [0.15, 0.2) is 18.2 Å². The lowest BCUT2D eigenvalue weighted by Crippen LogP contribution is -2.33. The number of aryl methyl sites for hydroxylation is 1. The lowest BCUT2D eigenvalue weighted by Gasteiger charge is -2.20. The van der Waals surface area contributed by atoms with Gasteiger partial charge in [-0.05, 0) is 19.1 Å². The van der Waals surface area contributed by atoms with Gasteiger partial charge in [0.1, 0.15) is 5.82 Å². The Kier molecular flexibility index (Phi) is 3.84. The van der Waals surface area contributed by atoms with E-state index in [9.17, 15) is 5.11 Å². The molecule has 0 aromatic carbocycles. The molecule has 1 heterocycles. The number of nitrogens with zero attached hydrogens (tertiary/aromatic N) is 1. The number of nitrogens with one attached hydrogen (secondary N) is 1. The number of aliphatic hydroxyl groups is 1. The fourth-order valence-electron chi connectivity index (χ4n) is 0.845. The second-order valence-corrected chi connectivity index (χ2v) is 5.12. The third-order valence-corrected chi connectivity index (χ3v) is 2.10. The number of alkyl halides is 3. The second-order valence-electron chi connectivity index (χ2n) is 2.75. The Morgan fingerprint density at radius 3 is 2.57 bits per heavy atom. The zero-order valence-corrected chi connectivity index (χ0v) is 9.61. The molecule has 0 aliphatic carbocycles. The van der Waals surface area contributed by atoms with Gasteiger partial charge in [0.25, 0.3) is 0 Å². The largest absolute Gasteiger partial charge is 0.369 e. The third-order valence-electron chi connectivity index (χ3n) is 1.48. The first-order valence-electron chi connectivity index (χ1n) is 3.84.